The van der Waals surface area contributed by atoms with Crippen LogP contribution < -0.4 is 9.64 Å². The number of ether oxygens (including phenoxy) is 2. The number of benzene rings is 1. The Balaban J connectivity index is 1.22. The van der Waals surface area contributed by atoms with Crippen LogP contribution in [0.3, 0.4) is 0 Å². The predicted molar refractivity (Wildman–Crippen MR) is 128 cm³/mol. The first-order valence-corrected chi connectivity index (χ1v) is 13.6. The van der Waals surface area contributed by atoms with E-state index >= 15 is 0 Å². The molecular formula is C24H34N4O4S. The SMILES string of the molecule is CCc1cnc(N2CCC(OC(C)COc3ccc4c(c3)CCN(S(C)(=O)=O)C4)CC2)nc1. The van der Waals surface area contributed by atoms with Crippen molar-refractivity contribution in [3.8, 4) is 5.75 Å². The van der Waals surface area contributed by atoms with E-state index in [2.05, 4.69) is 21.8 Å². The largest absolute Gasteiger partial charge is 0.491 e. The van der Waals surface area contributed by atoms with E-state index in [4.69, 9.17) is 9.47 Å². The van der Waals surface area contributed by atoms with E-state index in [1.54, 1.807) is 0 Å². The van der Waals surface area contributed by atoms with Crippen molar-refractivity contribution in [3.05, 3.63) is 47.3 Å². The van der Waals surface area contributed by atoms with E-state index in [0.29, 0.717) is 26.1 Å². The molecule has 0 saturated carbocycles. The molecular weight excluding hydrogens is 440 g/mol. The maximum absolute atomic E-state index is 11.8. The van der Waals surface area contributed by atoms with E-state index < -0.39 is 10.0 Å². The molecule has 9 heteroatoms. The monoisotopic (exact) mass is 474 g/mol. The summed E-state index contributed by atoms with van der Waals surface area (Å²) in [5.41, 5.74) is 3.35. The average Bonchev–Trinajstić information content (AvgIpc) is 2.82. The minimum Gasteiger partial charge on any atom is -0.491 e. The Labute approximate surface area is 197 Å². The molecule has 1 saturated heterocycles. The van der Waals surface area contributed by atoms with Crippen LogP contribution in [0.4, 0.5) is 5.95 Å². The van der Waals surface area contributed by atoms with Crippen LogP contribution >= 0.6 is 0 Å². The second-order valence-electron chi connectivity index (χ2n) is 8.97. The molecule has 1 aromatic heterocycles. The predicted octanol–water partition coefficient (Wildman–Crippen LogP) is 2.81. The summed E-state index contributed by atoms with van der Waals surface area (Å²) >= 11 is 0. The highest BCUT2D eigenvalue weighted by Gasteiger charge is 2.25. The Bertz CT molecular complexity index is 1040. The van der Waals surface area contributed by atoms with Gasteiger partial charge in [-0.15, -0.1) is 0 Å². The number of piperidine rings is 1. The molecule has 0 bridgehead atoms. The molecule has 0 N–H and O–H groups in total. The highest BCUT2D eigenvalue weighted by atomic mass is 32.2. The number of fused-ring (bicyclic) bond motifs is 1. The Kier molecular flexibility index (Phi) is 7.51. The highest BCUT2D eigenvalue weighted by molar-refractivity contribution is 7.88. The standard InChI is InChI=1S/C24H34N4O4S/c1-4-19-14-25-24(26-15-19)27-10-8-22(9-11-27)32-18(2)17-31-23-6-5-21-16-28(33(3,29)30)12-7-20(21)13-23/h5-6,13-15,18,22H,4,7-12,16-17H2,1-3H3. The highest BCUT2D eigenvalue weighted by Crippen LogP contribution is 2.25. The number of anilines is 1. The van der Waals surface area contributed by atoms with Gasteiger partial charge in [0.1, 0.15) is 12.4 Å². The fourth-order valence-corrected chi connectivity index (χ4v) is 5.14. The lowest BCUT2D eigenvalue weighted by Crippen LogP contribution is -2.39. The van der Waals surface area contributed by atoms with Gasteiger partial charge in [-0.25, -0.2) is 18.4 Å². The molecule has 1 atom stereocenters. The van der Waals surface area contributed by atoms with Gasteiger partial charge in [0, 0.05) is 38.6 Å². The number of hydrogen-bond donors (Lipinski definition) is 0. The van der Waals surface area contributed by atoms with Gasteiger partial charge in [-0.1, -0.05) is 13.0 Å². The summed E-state index contributed by atoms with van der Waals surface area (Å²) in [4.78, 5) is 11.2. The van der Waals surface area contributed by atoms with Crippen LogP contribution in [0.15, 0.2) is 30.6 Å². The number of aromatic nitrogens is 2. The van der Waals surface area contributed by atoms with Gasteiger partial charge < -0.3 is 14.4 Å². The third-order valence-electron chi connectivity index (χ3n) is 6.36. The van der Waals surface area contributed by atoms with Gasteiger partial charge in [-0.3, -0.25) is 0 Å². The van der Waals surface area contributed by atoms with Crippen molar-refractivity contribution in [2.75, 3.05) is 37.4 Å². The molecule has 180 valence electrons. The smallest absolute Gasteiger partial charge is 0.225 e. The Morgan fingerprint density at radius 1 is 1.12 bits per heavy atom. The van der Waals surface area contributed by atoms with Crippen molar-refractivity contribution in [2.45, 2.75) is 58.3 Å². The van der Waals surface area contributed by atoms with Gasteiger partial charge in [0.2, 0.25) is 16.0 Å². The lowest BCUT2D eigenvalue weighted by molar-refractivity contribution is -0.0338. The molecule has 0 radical (unpaired) electrons. The summed E-state index contributed by atoms with van der Waals surface area (Å²) in [5, 5.41) is 0. The topological polar surface area (TPSA) is 84.9 Å². The molecule has 1 unspecified atom stereocenters. The molecule has 1 fully saturated rings. The second kappa shape index (κ2) is 10.4. The van der Waals surface area contributed by atoms with Gasteiger partial charge in [0.05, 0.1) is 18.5 Å². The fourth-order valence-electron chi connectivity index (χ4n) is 4.34. The number of sulfonamides is 1. The summed E-state index contributed by atoms with van der Waals surface area (Å²) in [6, 6.07) is 5.92. The van der Waals surface area contributed by atoms with Gasteiger partial charge in [-0.05, 0) is 61.4 Å². The van der Waals surface area contributed by atoms with Gasteiger partial charge in [-0.2, -0.15) is 4.31 Å². The number of nitrogens with zero attached hydrogens (tertiary/aromatic N) is 4. The Morgan fingerprint density at radius 2 is 1.85 bits per heavy atom. The summed E-state index contributed by atoms with van der Waals surface area (Å²) in [6.07, 6.45) is 8.81. The lowest BCUT2D eigenvalue weighted by Gasteiger charge is -2.33. The van der Waals surface area contributed by atoms with Crippen LogP contribution in [0, 0.1) is 0 Å². The number of hydrogen-bond acceptors (Lipinski definition) is 7. The third-order valence-corrected chi connectivity index (χ3v) is 7.61. The van der Waals surface area contributed by atoms with Crippen LogP contribution in [0.25, 0.3) is 0 Å². The molecule has 3 heterocycles. The molecule has 2 aliphatic heterocycles. The van der Waals surface area contributed by atoms with E-state index in [1.807, 2.05) is 37.5 Å². The van der Waals surface area contributed by atoms with Crippen LogP contribution in [0.5, 0.6) is 5.75 Å². The third kappa shape index (κ3) is 6.22. The molecule has 0 amide bonds. The van der Waals surface area contributed by atoms with Gasteiger partial charge in [0.15, 0.2) is 0 Å². The molecule has 1 aromatic carbocycles. The zero-order valence-corrected chi connectivity index (χ0v) is 20.6. The van der Waals surface area contributed by atoms with E-state index in [1.165, 1.54) is 10.6 Å². The van der Waals surface area contributed by atoms with Crippen molar-refractivity contribution < 1.29 is 17.9 Å². The fraction of sp³-hybridized carbons (Fsp3) is 0.583. The molecule has 2 aliphatic rings. The zero-order chi connectivity index (χ0) is 23.4. The average molecular weight is 475 g/mol. The summed E-state index contributed by atoms with van der Waals surface area (Å²) in [7, 11) is -3.16. The van der Waals surface area contributed by atoms with Crippen LogP contribution in [0.1, 0.15) is 43.4 Å². The van der Waals surface area contributed by atoms with Crippen molar-refractivity contribution >= 4 is 16.0 Å². The van der Waals surface area contributed by atoms with Crippen LogP contribution in [-0.4, -0.2) is 67.4 Å². The Morgan fingerprint density at radius 3 is 2.52 bits per heavy atom. The van der Waals surface area contributed by atoms with E-state index in [0.717, 1.165) is 60.7 Å². The summed E-state index contributed by atoms with van der Waals surface area (Å²) < 4.78 is 37.3. The maximum atomic E-state index is 11.8. The molecule has 0 spiro atoms. The Hall–Kier alpha value is -2.23. The summed E-state index contributed by atoms with van der Waals surface area (Å²) in [6.45, 7) is 7.35. The van der Waals surface area contributed by atoms with Gasteiger partial charge >= 0.3 is 0 Å². The molecule has 0 aliphatic carbocycles. The van der Waals surface area contributed by atoms with E-state index in [-0.39, 0.29) is 12.2 Å². The first-order valence-electron chi connectivity index (χ1n) is 11.7. The van der Waals surface area contributed by atoms with Crippen molar-refractivity contribution in [1.29, 1.82) is 0 Å². The minimum absolute atomic E-state index is 0.0154. The van der Waals surface area contributed by atoms with Crippen molar-refractivity contribution in [2.24, 2.45) is 0 Å². The normalized spacial score (nSPS) is 18.7. The summed E-state index contributed by atoms with van der Waals surface area (Å²) in [5.74, 6) is 1.61. The second-order valence-corrected chi connectivity index (χ2v) is 10.9. The number of rotatable bonds is 8. The van der Waals surface area contributed by atoms with Crippen LogP contribution in [-0.2, 0) is 34.1 Å². The number of aryl methyl sites for hydroxylation is 1. The van der Waals surface area contributed by atoms with E-state index in [9.17, 15) is 8.42 Å². The molecule has 33 heavy (non-hydrogen) atoms. The quantitative estimate of drug-likeness (QED) is 0.582. The zero-order valence-electron chi connectivity index (χ0n) is 19.7. The molecule has 8 nitrogen and oxygen atoms in total. The van der Waals surface area contributed by atoms with Gasteiger partial charge in [0.25, 0.3) is 0 Å². The van der Waals surface area contributed by atoms with Crippen LogP contribution in [0.2, 0.25) is 0 Å². The minimum atomic E-state index is -3.16. The van der Waals surface area contributed by atoms with Crippen molar-refractivity contribution in [1.82, 2.24) is 14.3 Å². The lowest BCUT2D eigenvalue weighted by atomic mass is 10.0. The first kappa shape index (κ1) is 23.9. The molecule has 2 aromatic rings. The van der Waals surface area contributed by atoms with Crippen molar-refractivity contribution in [3.63, 3.8) is 0 Å². The maximum Gasteiger partial charge on any atom is 0.225 e. The first-order chi connectivity index (χ1) is 15.8. The molecule has 4 rings (SSSR count).